The Labute approximate surface area is 171 Å². The summed E-state index contributed by atoms with van der Waals surface area (Å²) < 4.78 is 40.3. The maximum atomic E-state index is 13.7. The first-order chi connectivity index (χ1) is 13.1. The highest BCUT2D eigenvalue weighted by atomic mass is 35.5. The summed E-state index contributed by atoms with van der Waals surface area (Å²) in [5, 5.41) is 2.79. The van der Waals surface area contributed by atoms with Gasteiger partial charge in [-0.3, -0.25) is 14.5 Å². The lowest BCUT2D eigenvalue weighted by Gasteiger charge is -2.18. The lowest BCUT2D eigenvalue weighted by molar-refractivity contribution is -0.122. The van der Waals surface area contributed by atoms with Crippen molar-refractivity contribution in [1.82, 2.24) is 10.0 Å². The molecular formula is C18H16Cl2FN3O3S. The van der Waals surface area contributed by atoms with Gasteiger partial charge in [-0.2, -0.15) is 0 Å². The monoisotopic (exact) mass is 443 g/mol. The fourth-order valence-corrected chi connectivity index (χ4v) is 4.55. The number of nitrogens with zero attached hydrogens (tertiary/aromatic N) is 1. The van der Waals surface area contributed by atoms with Crippen LogP contribution in [0.15, 0.2) is 46.3 Å². The normalized spacial score (nSPS) is 18.2. The van der Waals surface area contributed by atoms with Crippen molar-refractivity contribution >= 4 is 45.0 Å². The van der Waals surface area contributed by atoms with Gasteiger partial charge >= 0.3 is 0 Å². The second kappa shape index (κ2) is 7.69. The number of fused-ring (bicyclic) bond motifs is 1. The van der Waals surface area contributed by atoms with Gasteiger partial charge in [0.2, 0.25) is 5.91 Å². The minimum Gasteiger partial charge on any atom is -0.348 e. The molecule has 0 fully saturated rings. The van der Waals surface area contributed by atoms with Crippen molar-refractivity contribution in [1.29, 1.82) is 0 Å². The Morgan fingerprint density at radius 1 is 1.18 bits per heavy atom. The van der Waals surface area contributed by atoms with E-state index < -0.39 is 33.8 Å². The zero-order valence-corrected chi connectivity index (χ0v) is 17.2. The summed E-state index contributed by atoms with van der Waals surface area (Å²) >= 11 is 11.8. The number of carbonyl (C=O) groups excluding carboxylic acids is 1. The van der Waals surface area contributed by atoms with E-state index in [-0.39, 0.29) is 20.8 Å². The van der Waals surface area contributed by atoms with Gasteiger partial charge in [-0.05, 0) is 43.7 Å². The Kier molecular flexibility index (Phi) is 5.65. The predicted molar refractivity (Wildman–Crippen MR) is 106 cm³/mol. The number of sulfonamides is 1. The van der Waals surface area contributed by atoms with Gasteiger partial charge in [-0.15, -0.1) is 0 Å². The SMILES string of the molecule is CC(NC(=O)[C@H](C)N=C1NS(=O)(=O)c2ccccc21)c1cc(F)c(Cl)cc1Cl. The van der Waals surface area contributed by atoms with E-state index in [2.05, 4.69) is 15.0 Å². The number of benzene rings is 2. The van der Waals surface area contributed by atoms with Crippen LogP contribution in [-0.4, -0.2) is 26.2 Å². The molecule has 0 bridgehead atoms. The molecule has 2 aromatic rings. The fourth-order valence-electron chi connectivity index (χ4n) is 2.76. The van der Waals surface area contributed by atoms with Gasteiger partial charge in [0.05, 0.1) is 16.0 Å². The van der Waals surface area contributed by atoms with Crippen LogP contribution in [-0.2, 0) is 14.8 Å². The summed E-state index contributed by atoms with van der Waals surface area (Å²) in [5.41, 5.74) is 0.765. The maximum Gasteiger partial charge on any atom is 0.263 e. The Morgan fingerprint density at radius 2 is 1.86 bits per heavy atom. The molecule has 148 valence electrons. The molecule has 1 heterocycles. The molecule has 3 rings (SSSR count). The molecule has 2 N–H and O–H groups in total. The van der Waals surface area contributed by atoms with E-state index in [0.717, 1.165) is 6.07 Å². The summed E-state index contributed by atoms with van der Waals surface area (Å²) in [6, 6.07) is 7.27. The molecule has 1 aliphatic heterocycles. The summed E-state index contributed by atoms with van der Waals surface area (Å²) in [4.78, 5) is 16.8. The molecule has 0 aromatic heterocycles. The smallest absolute Gasteiger partial charge is 0.263 e. The van der Waals surface area contributed by atoms with Gasteiger partial charge in [0, 0.05) is 10.6 Å². The first-order valence-corrected chi connectivity index (χ1v) is 10.5. The Hall–Kier alpha value is -2.16. The van der Waals surface area contributed by atoms with Crippen LogP contribution >= 0.6 is 23.2 Å². The summed E-state index contributed by atoms with van der Waals surface area (Å²) in [6.07, 6.45) is 0. The number of amidine groups is 1. The first-order valence-electron chi connectivity index (χ1n) is 8.25. The molecular weight excluding hydrogens is 428 g/mol. The highest BCUT2D eigenvalue weighted by Gasteiger charge is 2.31. The lowest BCUT2D eigenvalue weighted by atomic mass is 10.1. The van der Waals surface area contributed by atoms with Crippen LogP contribution in [0.25, 0.3) is 0 Å². The van der Waals surface area contributed by atoms with E-state index in [4.69, 9.17) is 23.2 Å². The summed E-state index contributed by atoms with van der Waals surface area (Å²) in [5.74, 6) is -1.02. The molecule has 28 heavy (non-hydrogen) atoms. The highest BCUT2D eigenvalue weighted by molar-refractivity contribution is 7.90. The molecule has 0 saturated heterocycles. The molecule has 0 radical (unpaired) electrons. The van der Waals surface area contributed by atoms with Crippen molar-refractivity contribution in [2.75, 3.05) is 0 Å². The standard InChI is InChI=1S/C18H16Cl2FN3O3S/c1-9(12-7-15(21)14(20)8-13(12)19)23-18(25)10(2)22-17-11-5-3-4-6-16(11)28(26,27)24-17/h3-10H,1-2H3,(H,22,24)(H,23,25)/t9?,10-/m0/s1. The van der Waals surface area contributed by atoms with Crippen LogP contribution in [0.4, 0.5) is 4.39 Å². The first kappa shape index (κ1) is 20.6. The molecule has 1 aliphatic rings. The van der Waals surface area contributed by atoms with Crippen molar-refractivity contribution in [3.05, 3.63) is 63.4 Å². The fraction of sp³-hybridized carbons (Fsp3) is 0.222. The number of halogens is 3. The van der Waals surface area contributed by atoms with E-state index in [1.54, 1.807) is 25.1 Å². The lowest BCUT2D eigenvalue weighted by Crippen LogP contribution is -2.35. The van der Waals surface area contributed by atoms with Gasteiger partial charge in [-0.1, -0.05) is 35.3 Å². The van der Waals surface area contributed by atoms with Gasteiger partial charge in [0.15, 0.2) is 0 Å². The van der Waals surface area contributed by atoms with Crippen LogP contribution < -0.4 is 10.0 Å². The number of hydrogen-bond donors (Lipinski definition) is 2. The molecule has 2 aromatic carbocycles. The molecule has 2 atom stereocenters. The number of amides is 1. The molecule has 0 spiro atoms. The third-order valence-corrected chi connectivity index (χ3v) is 6.24. The Balaban J connectivity index is 1.79. The molecule has 10 heteroatoms. The van der Waals surface area contributed by atoms with E-state index in [0.29, 0.717) is 11.1 Å². The van der Waals surface area contributed by atoms with Crippen LogP contribution in [0, 0.1) is 5.82 Å². The van der Waals surface area contributed by atoms with Gasteiger partial charge < -0.3 is 5.32 Å². The van der Waals surface area contributed by atoms with Crippen molar-refractivity contribution in [3.63, 3.8) is 0 Å². The van der Waals surface area contributed by atoms with E-state index in [9.17, 15) is 17.6 Å². The number of aliphatic imine (C=N–C) groups is 1. The Morgan fingerprint density at radius 3 is 2.57 bits per heavy atom. The molecule has 0 saturated carbocycles. The minimum atomic E-state index is -3.69. The van der Waals surface area contributed by atoms with Crippen LogP contribution in [0.2, 0.25) is 10.0 Å². The maximum absolute atomic E-state index is 13.7. The van der Waals surface area contributed by atoms with Crippen LogP contribution in [0.1, 0.15) is 31.0 Å². The van der Waals surface area contributed by atoms with Gasteiger partial charge in [0.25, 0.3) is 10.0 Å². The molecule has 1 unspecified atom stereocenters. The van der Waals surface area contributed by atoms with Crippen molar-refractivity contribution in [2.24, 2.45) is 4.99 Å². The second-order valence-electron chi connectivity index (χ2n) is 6.27. The van der Waals surface area contributed by atoms with Crippen LogP contribution in [0.5, 0.6) is 0 Å². The van der Waals surface area contributed by atoms with Crippen molar-refractivity contribution in [3.8, 4) is 0 Å². The average molecular weight is 444 g/mol. The second-order valence-corrected chi connectivity index (χ2v) is 8.74. The molecule has 0 aliphatic carbocycles. The van der Waals surface area contributed by atoms with Gasteiger partial charge in [-0.25, -0.2) is 12.8 Å². The zero-order valence-electron chi connectivity index (χ0n) is 14.8. The number of hydrogen-bond acceptors (Lipinski definition) is 4. The average Bonchev–Trinajstić information content (AvgIpc) is 2.88. The van der Waals surface area contributed by atoms with E-state index in [1.165, 1.54) is 19.1 Å². The summed E-state index contributed by atoms with van der Waals surface area (Å²) in [7, 11) is -3.69. The Bertz CT molecular complexity index is 1090. The number of carbonyl (C=O) groups is 1. The van der Waals surface area contributed by atoms with E-state index in [1.807, 2.05) is 0 Å². The number of rotatable bonds is 4. The third-order valence-electron chi connectivity index (χ3n) is 4.23. The minimum absolute atomic E-state index is 0.0986. The zero-order chi connectivity index (χ0) is 20.6. The predicted octanol–water partition coefficient (Wildman–Crippen LogP) is 3.44. The highest BCUT2D eigenvalue weighted by Crippen LogP contribution is 2.29. The van der Waals surface area contributed by atoms with Crippen LogP contribution in [0.3, 0.4) is 0 Å². The topological polar surface area (TPSA) is 87.6 Å². The largest absolute Gasteiger partial charge is 0.348 e. The quantitative estimate of drug-likeness (QED) is 0.709. The number of nitrogens with one attached hydrogen (secondary N) is 2. The van der Waals surface area contributed by atoms with Crippen molar-refractivity contribution in [2.45, 2.75) is 30.8 Å². The summed E-state index contributed by atoms with van der Waals surface area (Å²) in [6.45, 7) is 3.16. The van der Waals surface area contributed by atoms with E-state index >= 15 is 0 Å². The molecule has 1 amide bonds. The van der Waals surface area contributed by atoms with Crippen molar-refractivity contribution < 1.29 is 17.6 Å². The third kappa shape index (κ3) is 3.99. The van der Waals surface area contributed by atoms with Gasteiger partial charge in [0.1, 0.15) is 17.7 Å². The molecule has 6 nitrogen and oxygen atoms in total.